The molecule has 0 aromatic heterocycles. The maximum atomic E-state index is 7.50. The van der Waals surface area contributed by atoms with Crippen molar-refractivity contribution in [1.82, 2.24) is 4.90 Å². The van der Waals surface area contributed by atoms with Crippen LogP contribution in [0.2, 0.25) is 0 Å². The molecular formula is C25H24CrNO3P. The minimum absolute atomic E-state index is 0. The van der Waals surface area contributed by atoms with Crippen molar-refractivity contribution in [2.45, 2.75) is 13.0 Å². The van der Waals surface area contributed by atoms with Crippen LogP contribution in [0.1, 0.15) is 18.5 Å². The summed E-state index contributed by atoms with van der Waals surface area (Å²) in [4.78, 5) is 2.28. The monoisotopic (exact) mass is 469 g/mol. The summed E-state index contributed by atoms with van der Waals surface area (Å²) in [6.07, 6.45) is 0. The van der Waals surface area contributed by atoms with Crippen LogP contribution in [0.4, 0.5) is 0 Å². The Morgan fingerprint density at radius 2 is 1.00 bits per heavy atom. The average Bonchev–Trinajstić information content (AvgIpc) is 2.84. The van der Waals surface area contributed by atoms with Crippen molar-refractivity contribution in [2.24, 2.45) is 0 Å². The molecule has 0 amide bonds. The van der Waals surface area contributed by atoms with Crippen molar-refractivity contribution in [1.29, 1.82) is 0 Å². The number of hydrogen-bond acceptors (Lipinski definition) is 1. The van der Waals surface area contributed by atoms with Crippen LogP contribution < -0.4 is 15.9 Å². The summed E-state index contributed by atoms with van der Waals surface area (Å²) in [5, 5.41) is 4.25. The fourth-order valence-corrected chi connectivity index (χ4v) is 5.45. The van der Waals surface area contributed by atoms with E-state index in [2.05, 4.69) is 131 Å². The molecule has 6 heteroatoms. The summed E-state index contributed by atoms with van der Waals surface area (Å²) in [5.74, 6) is 0. The van der Waals surface area contributed by atoms with E-state index in [4.69, 9.17) is 14.0 Å². The largest absolute Gasteiger partial charge is 0 e. The zero-order chi connectivity index (χ0) is 22.9. The number of benzene rings is 3. The predicted octanol–water partition coefficient (Wildman–Crippen LogP) is 3.95. The molecule has 0 aliphatic rings. The van der Waals surface area contributed by atoms with Gasteiger partial charge in [0, 0.05) is 23.4 Å². The van der Waals surface area contributed by atoms with Crippen LogP contribution in [0.25, 0.3) is 0 Å². The van der Waals surface area contributed by atoms with Gasteiger partial charge < -0.3 is 4.90 Å². The van der Waals surface area contributed by atoms with Gasteiger partial charge >= 0.3 is 33.9 Å². The Morgan fingerprint density at radius 1 is 0.645 bits per heavy atom. The first-order valence-electron chi connectivity index (χ1n) is 8.95. The van der Waals surface area contributed by atoms with E-state index >= 15 is 0 Å². The topological polar surface area (TPSA) is 62.9 Å². The van der Waals surface area contributed by atoms with Crippen LogP contribution >= 0.6 is 7.92 Å². The SMILES string of the molecule is C[C@@H](c1ccccc1P(c1ccccc1)c1ccccc1)N(C)C.[C-]#[O+].[C-]#[O+].[C-]#[O+].[Cr]. The normalized spacial score (nSPS) is 9.90. The van der Waals surface area contributed by atoms with E-state index in [1.807, 2.05) is 0 Å². The van der Waals surface area contributed by atoms with Gasteiger partial charge in [-0.05, 0) is 50.4 Å². The molecule has 0 saturated heterocycles. The maximum absolute atomic E-state index is 7.50. The van der Waals surface area contributed by atoms with Gasteiger partial charge in [-0.1, -0.05) is 84.9 Å². The molecule has 4 nitrogen and oxygen atoms in total. The molecule has 0 aliphatic heterocycles. The molecular weight excluding hydrogens is 445 g/mol. The molecule has 158 valence electrons. The fraction of sp³-hybridized carbons (Fsp3) is 0.160. The third-order valence-corrected chi connectivity index (χ3v) is 6.95. The molecule has 0 N–H and O–H groups in total. The van der Waals surface area contributed by atoms with Gasteiger partial charge in [-0.3, -0.25) is 0 Å². The van der Waals surface area contributed by atoms with Gasteiger partial charge in [0.1, 0.15) is 0 Å². The summed E-state index contributed by atoms with van der Waals surface area (Å²) < 4.78 is 22.5. The van der Waals surface area contributed by atoms with Gasteiger partial charge in [0.15, 0.2) is 0 Å². The molecule has 0 bridgehead atoms. The van der Waals surface area contributed by atoms with E-state index in [0.717, 1.165) is 0 Å². The van der Waals surface area contributed by atoms with Crippen molar-refractivity contribution >= 4 is 23.8 Å². The van der Waals surface area contributed by atoms with Crippen LogP contribution in [0, 0.1) is 20.0 Å². The summed E-state index contributed by atoms with van der Waals surface area (Å²) in [7, 11) is 3.74. The average molecular weight is 469 g/mol. The van der Waals surface area contributed by atoms with Crippen LogP contribution in [0.15, 0.2) is 84.9 Å². The molecule has 3 rings (SSSR count). The molecule has 0 radical (unpaired) electrons. The Labute approximate surface area is 197 Å². The minimum Gasteiger partial charge on any atom is 0 e. The Hall–Kier alpha value is -2.20. The zero-order valence-corrected chi connectivity index (χ0v) is 19.9. The van der Waals surface area contributed by atoms with Crippen molar-refractivity contribution in [3.05, 3.63) is 110 Å². The Bertz CT molecular complexity index is 858. The predicted molar refractivity (Wildman–Crippen MR) is 119 cm³/mol. The molecule has 1 atom stereocenters. The number of hydrogen-bond donors (Lipinski definition) is 0. The van der Waals surface area contributed by atoms with Crippen molar-refractivity contribution < 1.29 is 31.3 Å². The Balaban J connectivity index is 0. The summed E-state index contributed by atoms with van der Waals surface area (Å²) in [6.45, 7) is 15.8. The molecule has 0 heterocycles. The molecule has 3 aromatic rings. The van der Waals surface area contributed by atoms with E-state index < -0.39 is 7.92 Å². The second kappa shape index (κ2) is 18.6. The summed E-state index contributed by atoms with van der Waals surface area (Å²) in [5.41, 5.74) is 1.42. The number of nitrogens with zero attached hydrogens (tertiary/aromatic N) is 1. The molecule has 31 heavy (non-hydrogen) atoms. The van der Waals surface area contributed by atoms with Gasteiger partial charge in [0.2, 0.25) is 0 Å². The summed E-state index contributed by atoms with van der Waals surface area (Å²) in [6, 6.07) is 31.1. The van der Waals surface area contributed by atoms with Gasteiger partial charge in [-0.25, -0.2) is 0 Å². The van der Waals surface area contributed by atoms with E-state index in [1.54, 1.807) is 0 Å². The van der Waals surface area contributed by atoms with Gasteiger partial charge in [-0.2, -0.15) is 0 Å². The summed E-state index contributed by atoms with van der Waals surface area (Å²) >= 11 is 0. The van der Waals surface area contributed by atoms with Crippen molar-refractivity contribution in [2.75, 3.05) is 14.1 Å². The van der Waals surface area contributed by atoms with Crippen LogP contribution in [0.3, 0.4) is 0 Å². The molecule has 0 unspecified atom stereocenters. The third-order valence-electron chi connectivity index (χ3n) is 4.43. The van der Waals surface area contributed by atoms with Crippen molar-refractivity contribution in [3.8, 4) is 0 Å². The molecule has 3 aromatic carbocycles. The van der Waals surface area contributed by atoms with E-state index in [-0.39, 0.29) is 17.4 Å². The Morgan fingerprint density at radius 3 is 1.39 bits per heavy atom. The van der Waals surface area contributed by atoms with E-state index in [0.29, 0.717) is 6.04 Å². The molecule has 0 spiro atoms. The first-order chi connectivity index (χ1) is 14.7. The van der Waals surface area contributed by atoms with Gasteiger partial charge in [0.25, 0.3) is 0 Å². The second-order valence-electron chi connectivity index (χ2n) is 6.20. The van der Waals surface area contributed by atoms with Crippen LogP contribution in [0.5, 0.6) is 0 Å². The standard InChI is InChI=1S/C22H24NP.3CO.Cr/c1-18(23(2)3)21-16-10-11-17-22(21)24(19-12-6-4-7-13-19)20-14-8-5-9-15-20;3*1-2;/h4-18H,1-3H3;;;;/t18-;;;;/m0..../s1. The zero-order valence-electron chi connectivity index (χ0n) is 17.7. The number of rotatable bonds is 5. The van der Waals surface area contributed by atoms with Gasteiger partial charge in [-0.15, -0.1) is 0 Å². The van der Waals surface area contributed by atoms with Crippen LogP contribution in [-0.2, 0) is 31.3 Å². The van der Waals surface area contributed by atoms with E-state index in [1.165, 1.54) is 21.5 Å². The van der Waals surface area contributed by atoms with E-state index in [9.17, 15) is 0 Å². The third kappa shape index (κ3) is 9.22. The maximum Gasteiger partial charge on any atom is 0 e. The molecule has 0 saturated carbocycles. The van der Waals surface area contributed by atoms with Crippen LogP contribution in [-0.4, -0.2) is 19.0 Å². The fourth-order valence-electron chi connectivity index (χ4n) is 2.90. The molecule has 0 aliphatic carbocycles. The smallest absolute Gasteiger partial charge is 0 e. The Kier molecular flexibility index (Phi) is 18.6. The quantitative estimate of drug-likeness (QED) is 0.317. The van der Waals surface area contributed by atoms with Crippen molar-refractivity contribution in [3.63, 3.8) is 0 Å². The minimum atomic E-state index is -0.551. The molecule has 0 fully saturated rings. The second-order valence-corrected chi connectivity index (χ2v) is 8.39. The van der Waals surface area contributed by atoms with Gasteiger partial charge in [0.05, 0.1) is 0 Å². The first kappa shape index (κ1) is 31.0. The first-order valence-corrected chi connectivity index (χ1v) is 10.3.